The number of nitrogens with one attached hydrogen (secondary N) is 2. The molecule has 1 heterocycles. The summed E-state index contributed by atoms with van der Waals surface area (Å²) in [6.07, 6.45) is -0.633. The summed E-state index contributed by atoms with van der Waals surface area (Å²) in [5, 5.41) is 6.16. The van der Waals surface area contributed by atoms with Gasteiger partial charge in [0.2, 0.25) is 0 Å². The quantitative estimate of drug-likeness (QED) is 0.565. The summed E-state index contributed by atoms with van der Waals surface area (Å²) in [7, 11) is -3.12. The highest BCUT2D eigenvalue weighted by Gasteiger charge is 2.32. The van der Waals surface area contributed by atoms with E-state index in [2.05, 4.69) is 10.6 Å². The smallest absolute Gasteiger partial charge is 0.252 e. The van der Waals surface area contributed by atoms with Gasteiger partial charge >= 0.3 is 0 Å². The Morgan fingerprint density at radius 3 is 2.26 bits per heavy atom. The van der Waals surface area contributed by atoms with E-state index in [9.17, 15) is 18.0 Å². The molecule has 2 aromatic carbocycles. The van der Waals surface area contributed by atoms with Gasteiger partial charge in [-0.2, -0.15) is 0 Å². The number of Topliss-reactive ketones (excluding diaryl/α,β-unsaturated/α-hetero) is 1. The topological polar surface area (TPSA) is 92.3 Å². The minimum atomic E-state index is -3.12. The summed E-state index contributed by atoms with van der Waals surface area (Å²) < 4.78 is 23.4. The fourth-order valence-corrected chi connectivity index (χ4v) is 4.74. The summed E-state index contributed by atoms with van der Waals surface area (Å²) in [6.45, 7) is 0. The van der Waals surface area contributed by atoms with Gasteiger partial charge in [0.25, 0.3) is 5.91 Å². The SMILES string of the molecule is O=C(N[C@@H](N[C@H]1CCS(=O)(=O)C1)C(=O)c1ccccc1)c1ccc(Cl)cc1. The van der Waals surface area contributed by atoms with Crippen LogP contribution in [0, 0.1) is 0 Å². The molecule has 8 heteroatoms. The Morgan fingerprint density at radius 1 is 1.00 bits per heavy atom. The van der Waals surface area contributed by atoms with Crippen LogP contribution < -0.4 is 10.6 Å². The zero-order chi connectivity index (χ0) is 19.4. The number of amides is 1. The number of benzene rings is 2. The van der Waals surface area contributed by atoms with Gasteiger partial charge in [-0.1, -0.05) is 41.9 Å². The van der Waals surface area contributed by atoms with E-state index in [1.165, 1.54) is 0 Å². The summed E-state index contributed by atoms with van der Waals surface area (Å²) in [5.41, 5.74) is 0.776. The second kappa shape index (κ2) is 8.21. The maximum absolute atomic E-state index is 12.9. The third-order valence-corrected chi connectivity index (χ3v) is 6.36. The van der Waals surface area contributed by atoms with Gasteiger partial charge in [0.05, 0.1) is 11.5 Å². The van der Waals surface area contributed by atoms with Crippen LogP contribution in [0.25, 0.3) is 0 Å². The highest BCUT2D eigenvalue weighted by Crippen LogP contribution is 2.14. The molecule has 27 heavy (non-hydrogen) atoms. The Bertz CT molecular complexity index is 930. The largest absolute Gasteiger partial charge is 0.330 e. The Morgan fingerprint density at radius 2 is 1.67 bits per heavy atom. The lowest BCUT2D eigenvalue weighted by Gasteiger charge is -2.22. The van der Waals surface area contributed by atoms with Gasteiger partial charge in [0, 0.05) is 22.2 Å². The van der Waals surface area contributed by atoms with Gasteiger partial charge < -0.3 is 5.32 Å². The van der Waals surface area contributed by atoms with Crippen LogP contribution in [0.1, 0.15) is 27.1 Å². The number of carbonyl (C=O) groups is 2. The molecular weight excluding hydrogens is 388 g/mol. The molecule has 1 aliphatic rings. The molecule has 0 aromatic heterocycles. The number of halogens is 1. The van der Waals surface area contributed by atoms with Gasteiger partial charge in [-0.25, -0.2) is 8.42 Å². The third-order valence-electron chi connectivity index (χ3n) is 4.34. The molecule has 1 amide bonds. The summed E-state index contributed by atoms with van der Waals surface area (Å²) in [6, 6.07) is 14.4. The predicted octanol–water partition coefficient (Wildman–Crippen LogP) is 2.06. The zero-order valence-electron chi connectivity index (χ0n) is 14.4. The molecular formula is C19H19ClN2O4S. The van der Waals surface area contributed by atoms with Crippen molar-refractivity contribution in [2.75, 3.05) is 11.5 Å². The number of sulfone groups is 1. The number of ketones is 1. The average Bonchev–Trinajstić information content (AvgIpc) is 3.00. The van der Waals surface area contributed by atoms with E-state index < -0.39 is 28.0 Å². The van der Waals surface area contributed by atoms with Crippen molar-refractivity contribution in [2.24, 2.45) is 0 Å². The molecule has 6 nitrogen and oxygen atoms in total. The van der Waals surface area contributed by atoms with Crippen molar-refractivity contribution in [3.8, 4) is 0 Å². The lowest BCUT2D eigenvalue weighted by Crippen LogP contribution is -2.54. The van der Waals surface area contributed by atoms with Crippen molar-refractivity contribution in [2.45, 2.75) is 18.6 Å². The van der Waals surface area contributed by atoms with Gasteiger partial charge in [-0.3, -0.25) is 14.9 Å². The molecule has 2 atom stereocenters. The first-order valence-corrected chi connectivity index (χ1v) is 10.7. The number of rotatable bonds is 6. The molecule has 1 fully saturated rings. The maximum Gasteiger partial charge on any atom is 0.252 e. The van der Waals surface area contributed by atoms with Crippen molar-refractivity contribution in [1.29, 1.82) is 0 Å². The maximum atomic E-state index is 12.9. The van der Waals surface area contributed by atoms with Crippen molar-refractivity contribution in [3.05, 3.63) is 70.7 Å². The number of hydrogen-bond donors (Lipinski definition) is 2. The first kappa shape index (κ1) is 19.5. The standard InChI is InChI=1S/C19H19ClN2O4S/c20-15-8-6-14(7-9-15)19(24)22-18(17(23)13-4-2-1-3-5-13)21-16-10-11-27(25,26)12-16/h1-9,16,18,21H,10-12H2,(H,22,24)/t16-,18+/m0/s1. The molecule has 0 radical (unpaired) electrons. The lowest BCUT2D eigenvalue weighted by atomic mass is 10.1. The lowest BCUT2D eigenvalue weighted by molar-refractivity contribution is 0.0831. The Balaban J connectivity index is 1.79. The summed E-state index contributed by atoms with van der Waals surface area (Å²) in [4.78, 5) is 25.4. The van der Waals surface area contributed by atoms with Gasteiger partial charge in [0.1, 0.15) is 6.17 Å². The molecule has 0 aliphatic carbocycles. The van der Waals surface area contributed by atoms with E-state index in [0.717, 1.165) is 0 Å². The second-order valence-electron chi connectivity index (χ2n) is 6.41. The predicted molar refractivity (Wildman–Crippen MR) is 104 cm³/mol. The van der Waals surface area contributed by atoms with Gasteiger partial charge in [-0.05, 0) is 30.7 Å². The first-order valence-electron chi connectivity index (χ1n) is 8.46. The van der Waals surface area contributed by atoms with Crippen molar-refractivity contribution < 1.29 is 18.0 Å². The van der Waals surface area contributed by atoms with Crippen LogP contribution in [0.5, 0.6) is 0 Å². The van der Waals surface area contributed by atoms with Crippen LogP contribution in [-0.4, -0.2) is 43.8 Å². The van der Waals surface area contributed by atoms with Crippen LogP contribution in [0.2, 0.25) is 5.02 Å². The van der Waals surface area contributed by atoms with Crippen LogP contribution in [-0.2, 0) is 9.84 Å². The average molecular weight is 407 g/mol. The minimum absolute atomic E-state index is 0.0532. The second-order valence-corrected chi connectivity index (χ2v) is 9.08. The molecule has 1 aliphatic heterocycles. The molecule has 3 rings (SSSR count). The van der Waals surface area contributed by atoms with Gasteiger partial charge in [-0.15, -0.1) is 0 Å². The Labute approximate surface area is 162 Å². The third kappa shape index (κ3) is 5.15. The van der Waals surface area contributed by atoms with E-state index in [0.29, 0.717) is 22.6 Å². The minimum Gasteiger partial charge on any atom is -0.330 e. The van der Waals surface area contributed by atoms with Gasteiger partial charge in [0.15, 0.2) is 15.6 Å². The van der Waals surface area contributed by atoms with Crippen LogP contribution >= 0.6 is 11.6 Å². The number of hydrogen-bond acceptors (Lipinski definition) is 5. The summed E-state index contributed by atoms with van der Waals surface area (Å²) >= 11 is 5.84. The molecule has 1 saturated heterocycles. The molecule has 0 saturated carbocycles. The van der Waals surface area contributed by atoms with Crippen LogP contribution in [0.15, 0.2) is 54.6 Å². The molecule has 0 unspecified atom stereocenters. The molecule has 2 aromatic rings. The Kier molecular flexibility index (Phi) is 5.94. The number of carbonyl (C=O) groups excluding carboxylic acids is 2. The fraction of sp³-hybridized carbons (Fsp3) is 0.263. The molecule has 2 N–H and O–H groups in total. The van der Waals surface area contributed by atoms with E-state index in [4.69, 9.17) is 11.6 Å². The van der Waals surface area contributed by atoms with Crippen molar-refractivity contribution >= 4 is 33.1 Å². The van der Waals surface area contributed by atoms with E-state index in [1.807, 2.05) is 0 Å². The monoisotopic (exact) mass is 406 g/mol. The highest BCUT2D eigenvalue weighted by atomic mass is 35.5. The molecule has 0 bridgehead atoms. The normalized spacial score (nSPS) is 19.4. The fourth-order valence-electron chi connectivity index (χ4n) is 2.93. The molecule has 142 valence electrons. The van der Waals surface area contributed by atoms with E-state index in [1.54, 1.807) is 54.6 Å². The first-order chi connectivity index (χ1) is 12.8. The van der Waals surface area contributed by atoms with E-state index >= 15 is 0 Å². The zero-order valence-corrected chi connectivity index (χ0v) is 16.0. The summed E-state index contributed by atoms with van der Waals surface area (Å²) in [5.74, 6) is -0.763. The van der Waals surface area contributed by atoms with Crippen molar-refractivity contribution in [3.63, 3.8) is 0 Å². The Hall–Kier alpha value is -2.22. The molecule has 0 spiro atoms. The van der Waals surface area contributed by atoms with Crippen LogP contribution in [0.4, 0.5) is 0 Å². The van der Waals surface area contributed by atoms with Crippen molar-refractivity contribution in [1.82, 2.24) is 10.6 Å². The highest BCUT2D eigenvalue weighted by molar-refractivity contribution is 7.91. The van der Waals surface area contributed by atoms with E-state index in [-0.39, 0.29) is 17.3 Å². The van der Waals surface area contributed by atoms with Crippen LogP contribution in [0.3, 0.4) is 0 Å².